The zero-order chi connectivity index (χ0) is 21.2. The summed E-state index contributed by atoms with van der Waals surface area (Å²) in [6.45, 7) is 0.482. The van der Waals surface area contributed by atoms with Crippen LogP contribution < -0.4 is 10.1 Å². The maximum absolute atomic E-state index is 12.7. The average molecular weight is 409 g/mol. The molecule has 2 aromatic carbocycles. The van der Waals surface area contributed by atoms with Crippen molar-refractivity contribution in [2.75, 3.05) is 7.11 Å². The van der Waals surface area contributed by atoms with Crippen LogP contribution in [0.3, 0.4) is 0 Å². The summed E-state index contributed by atoms with van der Waals surface area (Å²) in [7, 11) is 1.67. The van der Waals surface area contributed by atoms with Crippen molar-refractivity contribution in [3.63, 3.8) is 0 Å². The molecule has 0 bridgehead atoms. The van der Waals surface area contributed by atoms with Crippen LogP contribution in [-0.2, 0) is 11.3 Å². The first-order valence-corrected chi connectivity index (χ1v) is 10.4. The van der Waals surface area contributed by atoms with Crippen LogP contribution in [0.2, 0.25) is 0 Å². The lowest BCUT2D eigenvalue weighted by molar-refractivity contribution is -0.122. The minimum absolute atomic E-state index is 0.0321. The van der Waals surface area contributed by atoms with Gasteiger partial charge in [-0.15, -0.1) is 0 Å². The number of pyridine rings is 2. The van der Waals surface area contributed by atoms with E-state index in [1.54, 1.807) is 19.5 Å². The van der Waals surface area contributed by atoms with Crippen LogP contribution in [0, 0.1) is 5.92 Å². The monoisotopic (exact) mass is 409 g/mol. The molecule has 1 saturated carbocycles. The molecule has 5 rings (SSSR count). The molecular formula is C26H23N3O2. The zero-order valence-corrected chi connectivity index (χ0v) is 17.3. The SMILES string of the molecule is COc1cccc(-c2ccc(CNC(=O)C3CC3c3cccnc3)c3cnccc23)c1. The van der Waals surface area contributed by atoms with Gasteiger partial charge in [0.1, 0.15) is 5.75 Å². The number of hydrogen-bond acceptors (Lipinski definition) is 4. The molecule has 2 atom stereocenters. The highest BCUT2D eigenvalue weighted by molar-refractivity contribution is 5.98. The molecule has 5 heteroatoms. The summed E-state index contributed by atoms with van der Waals surface area (Å²) in [4.78, 5) is 21.2. The third-order valence-corrected chi connectivity index (χ3v) is 5.98. The highest BCUT2D eigenvalue weighted by Gasteiger charge is 2.43. The van der Waals surface area contributed by atoms with Crippen molar-refractivity contribution in [3.8, 4) is 16.9 Å². The number of benzene rings is 2. The van der Waals surface area contributed by atoms with Gasteiger partial charge in [0, 0.05) is 42.6 Å². The van der Waals surface area contributed by atoms with Gasteiger partial charge in [-0.1, -0.05) is 30.3 Å². The van der Waals surface area contributed by atoms with Gasteiger partial charge in [-0.25, -0.2) is 0 Å². The van der Waals surface area contributed by atoms with Crippen molar-refractivity contribution in [3.05, 3.63) is 90.5 Å². The Hall–Kier alpha value is -3.73. The Morgan fingerprint density at radius 3 is 2.77 bits per heavy atom. The van der Waals surface area contributed by atoms with Crippen LogP contribution in [0.1, 0.15) is 23.5 Å². The van der Waals surface area contributed by atoms with Crippen molar-refractivity contribution >= 4 is 16.7 Å². The molecule has 2 aromatic heterocycles. The van der Waals surface area contributed by atoms with E-state index in [1.165, 1.54) is 0 Å². The van der Waals surface area contributed by atoms with E-state index in [2.05, 4.69) is 33.5 Å². The first-order chi connectivity index (χ1) is 15.2. The average Bonchev–Trinajstić information content (AvgIpc) is 3.64. The molecule has 0 spiro atoms. The Kier molecular flexibility index (Phi) is 5.08. The fourth-order valence-corrected chi connectivity index (χ4v) is 4.21. The highest BCUT2D eigenvalue weighted by Crippen LogP contribution is 2.47. The van der Waals surface area contributed by atoms with Gasteiger partial charge in [-0.3, -0.25) is 14.8 Å². The van der Waals surface area contributed by atoms with E-state index < -0.39 is 0 Å². The van der Waals surface area contributed by atoms with Crippen LogP contribution >= 0.6 is 0 Å². The molecule has 1 aliphatic carbocycles. The predicted octanol–water partition coefficient (Wildman–Crippen LogP) is 4.73. The van der Waals surface area contributed by atoms with Gasteiger partial charge >= 0.3 is 0 Å². The van der Waals surface area contributed by atoms with Crippen LogP contribution in [0.25, 0.3) is 21.9 Å². The number of fused-ring (bicyclic) bond motifs is 1. The third kappa shape index (κ3) is 3.87. The topological polar surface area (TPSA) is 64.1 Å². The smallest absolute Gasteiger partial charge is 0.224 e. The van der Waals surface area contributed by atoms with Crippen molar-refractivity contribution in [2.45, 2.75) is 18.9 Å². The lowest BCUT2D eigenvalue weighted by Gasteiger charge is -2.13. The molecule has 1 amide bonds. The van der Waals surface area contributed by atoms with Crippen LogP contribution in [0.4, 0.5) is 0 Å². The molecule has 31 heavy (non-hydrogen) atoms. The van der Waals surface area contributed by atoms with E-state index in [9.17, 15) is 4.79 Å². The van der Waals surface area contributed by atoms with E-state index in [-0.39, 0.29) is 17.7 Å². The molecule has 1 N–H and O–H groups in total. The molecular weight excluding hydrogens is 386 g/mol. The summed E-state index contributed by atoms with van der Waals surface area (Å²) in [5.74, 6) is 1.23. The number of rotatable bonds is 6. The van der Waals surface area contributed by atoms with Crippen molar-refractivity contribution in [1.29, 1.82) is 0 Å². The molecule has 5 nitrogen and oxygen atoms in total. The Labute approximate surface area is 181 Å². The fraction of sp³-hybridized carbons (Fsp3) is 0.192. The lowest BCUT2D eigenvalue weighted by atomic mass is 9.96. The summed E-state index contributed by atoms with van der Waals surface area (Å²) in [6, 6.07) is 18.2. The molecule has 0 radical (unpaired) electrons. The van der Waals surface area contributed by atoms with Crippen LogP contribution in [0.15, 0.2) is 79.4 Å². The van der Waals surface area contributed by atoms with Crippen molar-refractivity contribution in [1.82, 2.24) is 15.3 Å². The molecule has 1 aliphatic rings. The zero-order valence-electron chi connectivity index (χ0n) is 17.3. The molecule has 0 aliphatic heterocycles. The van der Waals surface area contributed by atoms with Gasteiger partial charge in [0.2, 0.25) is 5.91 Å². The van der Waals surface area contributed by atoms with E-state index in [1.807, 2.05) is 48.8 Å². The second-order valence-corrected chi connectivity index (χ2v) is 7.88. The maximum Gasteiger partial charge on any atom is 0.224 e. The number of methoxy groups -OCH3 is 1. The minimum atomic E-state index is 0.0321. The minimum Gasteiger partial charge on any atom is -0.497 e. The Bertz CT molecular complexity index is 1240. The summed E-state index contributed by atoms with van der Waals surface area (Å²) >= 11 is 0. The van der Waals surface area contributed by atoms with Crippen LogP contribution in [-0.4, -0.2) is 23.0 Å². The number of nitrogens with zero attached hydrogens (tertiary/aromatic N) is 2. The second kappa shape index (κ2) is 8.19. The molecule has 154 valence electrons. The summed E-state index contributed by atoms with van der Waals surface area (Å²) in [5, 5.41) is 5.27. The van der Waals surface area contributed by atoms with E-state index >= 15 is 0 Å². The number of carbonyl (C=O) groups excluding carboxylic acids is 1. The maximum atomic E-state index is 12.7. The number of nitrogens with one attached hydrogen (secondary N) is 1. The number of carbonyl (C=O) groups is 1. The van der Waals surface area contributed by atoms with Gasteiger partial charge in [0.25, 0.3) is 0 Å². The fourth-order valence-electron chi connectivity index (χ4n) is 4.21. The Balaban J connectivity index is 1.36. The predicted molar refractivity (Wildman–Crippen MR) is 121 cm³/mol. The number of amides is 1. The van der Waals surface area contributed by atoms with Gasteiger partial charge < -0.3 is 10.1 Å². The van der Waals surface area contributed by atoms with Crippen LogP contribution in [0.5, 0.6) is 5.75 Å². The standard InChI is InChI=1S/C26H23N3O2/c1-31-20-6-2-4-17(12-20)21-8-7-19(25-16-28-11-9-22(21)25)15-29-26(30)24-13-23(24)18-5-3-10-27-14-18/h2-12,14,16,23-24H,13,15H2,1H3,(H,29,30). The van der Waals surface area contributed by atoms with Gasteiger partial charge in [0.15, 0.2) is 0 Å². The van der Waals surface area contributed by atoms with E-state index in [4.69, 9.17) is 4.74 Å². The molecule has 2 heterocycles. The summed E-state index contributed by atoms with van der Waals surface area (Å²) in [5.41, 5.74) is 4.40. The molecule has 0 saturated heterocycles. The summed E-state index contributed by atoms with van der Waals surface area (Å²) < 4.78 is 5.38. The Morgan fingerprint density at radius 1 is 1.03 bits per heavy atom. The third-order valence-electron chi connectivity index (χ3n) is 5.98. The van der Waals surface area contributed by atoms with Crippen molar-refractivity contribution < 1.29 is 9.53 Å². The first-order valence-electron chi connectivity index (χ1n) is 10.4. The van der Waals surface area contributed by atoms with Gasteiger partial charge in [-0.2, -0.15) is 0 Å². The molecule has 4 aromatic rings. The molecule has 1 fully saturated rings. The quantitative estimate of drug-likeness (QED) is 0.500. The first kappa shape index (κ1) is 19.2. The second-order valence-electron chi connectivity index (χ2n) is 7.88. The largest absolute Gasteiger partial charge is 0.497 e. The highest BCUT2D eigenvalue weighted by atomic mass is 16.5. The molecule has 2 unspecified atom stereocenters. The summed E-state index contributed by atoms with van der Waals surface area (Å²) in [6.07, 6.45) is 8.17. The van der Waals surface area contributed by atoms with Crippen molar-refractivity contribution in [2.24, 2.45) is 5.92 Å². The van der Waals surface area contributed by atoms with E-state index in [0.29, 0.717) is 6.54 Å². The number of ether oxygens (including phenoxy) is 1. The van der Waals surface area contributed by atoms with Gasteiger partial charge in [0.05, 0.1) is 7.11 Å². The lowest BCUT2D eigenvalue weighted by Crippen LogP contribution is -2.25. The number of aromatic nitrogens is 2. The van der Waals surface area contributed by atoms with Gasteiger partial charge in [-0.05, 0) is 64.2 Å². The number of hydrogen-bond donors (Lipinski definition) is 1. The van der Waals surface area contributed by atoms with E-state index in [0.717, 1.165) is 45.2 Å². The Morgan fingerprint density at radius 2 is 1.94 bits per heavy atom. The normalized spacial score (nSPS) is 17.3.